The molecule has 1 saturated heterocycles. The van der Waals surface area contributed by atoms with Crippen molar-refractivity contribution >= 4 is 52.5 Å². The summed E-state index contributed by atoms with van der Waals surface area (Å²) in [6.07, 6.45) is 0.694. The number of thioether (sulfide) groups is 1. The van der Waals surface area contributed by atoms with Gasteiger partial charge in [0.15, 0.2) is 5.82 Å². The van der Waals surface area contributed by atoms with Gasteiger partial charge in [-0.2, -0.15) is 18.3 Å². The average molecular weight is 716 g/mol. The summed E-state index contributed by atoms with van der Waals surface area (Å²) in [6, 6.07) is 9.91. The quantitative estimate of drug-likeness (QED) is 0.228. The fraction of sp³-hybridized carbons (Fsp3) is 0.424. The van der Waals surface area contributed by atoms with Crippen molar-refractivity contribution in [3.8, 4) is 17.1 Å². The van der Waals surface area contributed by atoms with E-state index in [-0.39, 0.29) is 27.9 Å². The van der Waals surface area contributed by atoms with Gasteiger partial charge in [0.25, 0.3) is 11.3 Å². The largest absolute Gasteiger partial charge is 0.493 e. The van der Waals surface area contributed by atoms with Gasteiger partial charge in [-0.15, -0.1) is 5.10 Å². The molecule has 0 aliphatic carbocycles. The maximum Gasteiger partial charge on any atom is 0.410 e. The molecule has 0 atom stereocenters. The highest BCUT2D eigenvalue weighted by Crippen LogP contribution is 2.32. The molecule has 16 heteroatoms. The summed E-state index contributed by atoms with van der Waals surface area (Å²) in [5.41, 5.74) is 1.85. The highest BCUT2D eigenvalue weighted by molar-refractivity contribution is 7.99. The average Bonchev–Trinajstić information content (AvgIpc) is 3.70. The Balaban J connectivity index is 1.37. The molecule has 2 amide bonds. The van der Waals surface area contributed by atoms with Gasteiger partial charge in [-0.3, -0.25) is 9.59 Å². The maximum absolute atomic E-state index is 14.2. The predicted molar refractivity (Wildman–Crippen MR) is 183 cm³/mol. The Bertz CT molecular complexity index is 1970. The summed E-state index contributed by atoms with van der Waals surface area (Å²) < 4.78 is 39.8. The Kier molecular flexibility index (Phi) is 9.76. The van der Waals surface area contributed by atoms with Crippen LogP contribution in [-0.4, -0.2) is 80.2 Å². The first-order valence-electron chi connectivity index (χ1n) is 15.9. The van der Waals surface area contributed by atoms with Crippen molar-refractivity contribution in [2.45, 2.75) is 63.3 Å². The minimum absolute atomic E-state index is 0.105. The summed E-state index contributed by atoms with van der Waals surface area (Å²) in [6.45, 7) is 8.99. The Labute approximate surface area is 290 Å². The van der Waals surface area contributed by atoms with Crippen molar-refractivity contribution in [1.29, 1.82) is 0 Å². The van der Waals surface area contributed by atoms with Gasteiger partial charge in [0.1, 0.15) is 23.6 Å². The van der Waals surface area contributed by atoms with Crippen LogP contribution in [0.1, 0.15) is 39.0 Å². The van der Waals surface area contributed by atoms with E-state index in [0.717, 1.165) is 17.7 Å². The number of carbonyl (C=O) groups is 2. The van der Waals surface area contributed by atoms with E-state index in [9.17, 15) is 23.2 Å². The molecule has 1 fully saturated rings. The van der Waals surface area contributed by atoms with Gasteiger partial charge < -0.3 is 29.2 Å². The lowest BCUT2D eigenvalue weighted by Crippen LogP contribution is -2.51. The standard InChI is InChI=1S/C33H36ClF2N7O5S/c1-5-24-27(40-11-13-41(14-12-40)32(46)48-33(2,3)4)29(45)43-31(38-28(39-43)20-6-9-25-19(16-20)10-15-47-25)42(24)18-26(44)37-23-8-7-21(17-22(23)34)49-30(35)36/h6-9,16-17,30H,5,10-15,18H2,1-4H3,(H,37,44). The van der Waals surface area contributed by atoms with E-state index < -0.39 is 28.9 Å². The number of alkyl halides is 2. The number of halogens is 3. The molecule has 49 heavy (non-hydrogen) atoms. The van der Waals surface area contributed by atoms with Gasteiger partial charge in [0.05, 0.1) is 23.0 Å². The van der Waals surface area contributed by atoms with Gasteiger partial charge in [0.2, 0.25) is 11.7 Å². The monoisotopic (exact) mass is 715 g/mol. The first-order valence-corrected chi connectivity index (χ1v) is 17.1. The second-order valence-electron chi connectivity index (χ2n) is 12.6. The topological polar surface area (TPSA) is 123 Å². The van der Waals surface area contributed by atoms with E-state index in [2.05, 4.69) is 10.4 Å². The first-order chi connectivity index (χ1) is 23.3. The number of hydrogen-bond donors (Lipinski definition) is 1. The molecule has 260 valence electrons. The van der Waals surface area contributed by atoms with E-state index in [1.54, 1.807) is 30.2 Å². The number of benzene rings is 2. The van der Waals surface area contributed by atoms with E-state index in [1.807, 2.05) is 30.0 Å². The second-order valence-corrected chi connectivity index (χ2v) is 14.1. The number of nitrogens with zero attached hydrogens (tertiary/aromatic N) is 6. The van der Waals surface area contributed by atoms with Crippen LogP contribution in [0.25, 0.3) is 17.2 Å². The Morgan fingerprint density at radius 3 is 2.55 bits per heavy atom. The van der Waals surface area contributed by atoms with Gasteiger partial charge in [-0.25, -0.2) is 4.79 Å². The van der Waals surface area contributed by atoms with E-state index in [4.69, 9.17) is 26.1 Å². The van der Waals surface area contributed by atoms with E-state index in [1.165, 1.54) is 22.7 Å². The molecule has 4 aromatic rings. The molecule has 0 saturated carbocycles. The number of ether oxygens (including phenoxy) is 2. The van der Waals surface area contributed by atoms with E-state index >= 15 is 0 Å². The van der Waals surface area contributed by atoms with Crippen LogP contribution in [-0.2, 0) is 28.9 Å². The van der Waals surface area contributed by atoms with Gasteiger partial charge in [-0.05, 0) is 69.2 Å². The van der Waals surface area contributed by atoms with Crippen LogP contribution >= 0.6 is 23.4 Å². The van der Waals surface area contributed by atoms with Crippen LogP contribution < -0.4 is 20.5 Å². The maximum atomic E-state index is 14.2. The number of hydrogen-bond acceptors (Lipinski definition) is 9. The molecule has 4 heterocycles. The number of rotatable bonds is 8. The number of nitrogens with one attached hydrogen (secondary N) is 1. The highest BCUT2D eigenvalue weighted by atomic mass is 35.5. The molecule has 0 bridgehead atoms. The zero-order valence-electron chi connectivity index (χ0n) is 27.5. The number of fused-ring (bicyclic) bond motifs is 2. The van der Waals surface area contributed by atoms with Gasteiger partial charge in [-0.1, -0.05) is 30.3 Å². The molecular weight excluding hydrogens is 680 g/mol. The molecule has 2 aliphatic heterocycles. The van der Waals surface area contributed by atoms with Crippen molar-refractivity contribution in [2.24, 2.45) is 0 Å². The Morgan fingerprint density at radius 2 is 1.88 bits per heavy atom. The SMILES string of the molecule is CCc1c(N2CCN(C(=O)OC(C)(C)C)CC2)c(=O)n2nc(-c3ccc4c(c3)CCO4)nc2n1CC(=O)Nc1ccc(SC(F)F)cc1Cl. The van der Waals surface area contributed by atoms with Crippen molar-refractivity contribution < 1.29 is 27.8 Å². The zero-order valence-corrected chi connectivity index (χ0v) is 29.0. The lowest BCUT2D eigenvalue weighted by molar-refractivity contribution is -0.116. The van der Waals surface area contributed by atoms with Crippen LogP contribution in [0.4, 0.5) is 25.0 Å². The Morgan fingerprint density at radius 1 is 1.12 bits per heavy atom. The van der Waals surface area contributed by atoms with Gasteiger partial charge >= 0.3 is 6.09 Å². The van der Waals surface area contributed by atoms with E-state index in [0.29, 0.717) is 73.7 Å². The molecule has 0 spiro atoms. The third-order valence-corrected chi connectivity index (χ3v) is 9.11. The second kappa shape index (κ2) is 13.9. The third kappa shape index (κ3) is 7.47. The van der Waals surface area contributed by atoms with Crippen LogP contribution in [0, 0.1) is 0 Å². The smallest absolute Gasteiger partial charge is 0.410 e. The summed E-state index contributed by atoms with van der Waals surface area (Å²) in [5.74, 6) is -1.81. The normalized spacial score (nSPS) is 14.7. The van der Waals surface area contributed by atoms with Crippen molar-refractivity contribution in [2.75, 3.05) is 43.0 Å². The number of amides is 2. The molecule has 0 radical (unpaired) electrons. The van der Waals surface area contributed by atoms with Crippen molar-refractivity contribution in [3.63, 3.8) is 0 Å². The molecule has 2 aliphatic rings. The van der Waals surface area contributed by atoms with Crippen LogP contribution in [0.2, 0.25) is 5.02 Å². The molecular formula is C33H36ClF2N7O5S. The lowest BCUT2D eigenvalue weighted by atomic mass is 10.1. The summed E-state index contributed by atoms with van der Waals surface area (Å²) in [4.78, 5) is 49.1. The summed E-state index contributed by atoms with van der Waals surface area (Å²) >= 11 is 6.70. The Hall–Kier alpha value is -4.37. The lowest BCUT2D eigenvalue weighted by Gasteiger charge is -2.37. The molecule has 6 rings (SSSR count). The predicted octanol–water partition coefficient (Wildman–Crippen LogP) is 5.72. The van der Waals surface area contributed by atoms with Crippen LogP contribution in [0.15, 0.2) is 46.1 Å². The summed E-state index contributed by atoms with van der Waals surface area (Å²) in [7, 11) is 0. The van der Waals surface area contributed by atoms with Crippen LogP contribution in [0.3, 0.4) is 0 Å². The molecule has 2 aromatic heterocycles. The van der Waals surface area contributed by atoms with Gasteiger partial charge in [0, 0.05) is 43.1 Å². The number of aromatic nitrogens is 4. The fourth-order valence-electron chi connectivity index (χ4n) is 5.92. The number of piperazine rings is 1. The number of anilines is 2. The van der Waals surface area contributed by atoms with Crippen molar-refractivity contribution in [1.82, 2.24) is 24.1 Å². The zero-order chi connectivity index (χ0) is 35.0. The molecule has 12 nitrogen and oxygen atoms in total. The highest BCUT2D eigenvalue weighted by Gasteiger charge is 2.30. The molecule has 2 aromatic carbocycles. The van der Waals surface area contributed by atoms with Crippen molar-refractivity contribution in [3.05, 3.63) is 63.0 Å². The minimum Gasteiger partial charge on any atom is -0.493 e. The summed E-state index contributed by atoms with van der Waals surface area (Å²) in [5, 5.41) is 7.49. The molecule has 0 unspecified atom stereocenters. The number of carbonyl (C=O) groups excluding carboxylic acids is 2. The van der Waals surface area contributed by atoms with Crippen LogP contribution in [0.5, 0.6) is 5.75 Å². The first kappa shape index (κ1) is 34.5. The fourth-order valence-corrected chi connectivity index (χ4v) is 6.75. The minimum atomic E-state index is -2.61. The molecule has 1 N–H and O–H groups in total. The third-order valence-electron chi connectivity index (χ3n) is 8.10.